The molecule has 1 N–H and O–H groups in total. The summed E-state index contributed by atoms with van der Waals surface area (Å²) in [5.74, 6) is -1.65. The first-order valence-corrected chi connectivity index (χ1v) is 10.7. The van der Waals surface area contributed by atoms with E-state index < -0.39 is 23.5 Å². The normalized spacial score (nSPS) is 17.5. The van der Waals surface area contributed by atoms with E-state index in [2.05, 4.69) is 28.7 Å². The second-order valence-electron chi connectivity index (χ2n) is 9.72. The van der Waals surface area contributed by atoms with Crippen molar-refractivity contribution in [1.29, 1.82) is 0 Å². The minimum Gasteiger partial charge on any atom is -0.479 e. The molecule has 1 atom stereocenters. The lowest BCUT2D eigenvalue weighted by Crippen LogP contribution is -2.39. The van der Waals surface area contributed by atoms with E-state index in [0.717, 1.165) is 19.0 Å². The number of carboxylic acids is 1. The van der Waals surface area contributed by atoms with Gasteiger partial charge in [0.15, 0.2) is 6.10 Å². The van der Waals surface area contributed by atoms with Gasteiger partial charge in [0.2, 0.25) is 0 Å². The lowest BCUT2D eigenvalue weighted by Gasteiger charge is -2.40. The van der Waals surface area contributed by atoms with Crippen molar-refractivity contribution < 1.29 is 19.0 Å². The molecule has 168 valence electrons. The molecule has 0 unspecified atom stereocenters. The maximum Gasteiger partial charge on any atom is 0.337 e. The lowest BCUT2D eigenvalue weighted by atomic mass is 9.82. The highest BCUT2D eigenvalue weighted by atomic mass is 35.5. The smallest absolute Gasteiger partial charge is 0.337 e. The van der Waals surface area contributed by atoms with Gasteiger partial charge in [-0.1, -0.05) is 25.4 Å². The third kappa shape index (κ3) is 5.52. The van der Waals surface area contributed by atoms with Gasteiger partial charge in [-0.25, -0.2) is 14.2 Å². The topological polar surface area (TPSA) is 75.5 Å². The van der Waals surface area contributed by atoms with Gasteiger partial charge in [0.25, 0.3) is 0 Å². The number of rotatable bonds is 5. The number of aliphatic carboxylic acids is 1. The van der Waals surface area contributed by atoms with Gasteiger partial charge in [0, 0.05) is 36.6 Å². The Kier molecular flexibility index (Phi) is 6.58. The standard InChI is InChI=1S/C23H29ClFN3O3/c1-22(2,3)31-19(21(29)30)17-18(28-8-6-23(4,5)7-9-28)16(13-27-20(17)24)14-10-15(25)12-26-11-14/h10-13,19H,6-9H2,1-5H3,(H,29,30)/t19-/m0/s1. The van der Waals surface area contributed by atoms with Crippen LogP contribution in [0.15, 0.2) is 24.7 Å². The Hall–Kier alpha value is -2.25. The van der Waals surface area contributed by atoms with E-state index >= 15 is 0 Å². The Balaban J connectivity index is 2.23. The Morgan fingerprint density at radius 3 is 2.45 bits per heavy atom. The van der Waals surface area contributed by atoms with Gasteiger partial charge in [-0.05, 0) is 45.1 Å². The van der Waals surface area contributed by atoms with E-state index in [4.69, 9.17) is 16.3 Å². The van der Waals surface area contributed by atoms with E-state index in [0.29, 0.717) is 29.9 Å². The summed E-state index contributed by atoms with van der Waals surface area (Å²) in [6, 6.07) is 1.36. The van der Waals surface area contributed by atoms with Crippen LogP contribution < -0.4 is 4.90 Å². The van der Waals surface area contributed by atoms with Gasteiger partial charge >= 0.3 is 5.97 Å². The van der Waals surface area contributed by atoms with Crippen LogP contribution in [0.2, 0.25) is 5.15 Å². The molecule has 1 aliphatic rings. The molecule has 0 aromatic carbocycles. The van der Waals surface area contributed by atoms with Gasteiger partial charge in [-0.15, -0.1) is 0 Å². The molecule has 0 bridgehead atoms. The highest BCUT2D eigenvalue weighted by Gasteiger charge is 2.36. The SMILES string of the molecule is CC1(C)CCN(c2c(-c3cncc(F)c3)cnc(Cl)c2[C@H](OC(C)(C)C)C(=O)O)CC1. The monoisotopic (exact) mass is 449 g/mol. The van der Waals surface area contributed by atoms with Gasteiger partial charge in [0.05, 0.1) is 23.0 Å². The number of hydrogen-bond acceptors (Lipinski definition) is 5. The fraction of sp³-hybridized carbons (Fsp3) is 0.522. The molecule has 1 aliphatic heterocycles. The van der Waals surface area contributed by atoms with Crippen LogP contribution in [0, 0.1) is 11.2 Å². The molecule has 2 aromatic rings. The van der Waals surface area contributed by atoms with Gasteiger partial charge < -0.3 is 14.7 Å². The number of anilines is 1. The molecule has 3 heterocycles. The molecule has 1 saturated heterocycles. The van der Waals surface area contributed by atoms with E-state index in [1.807, 2.05) is 0 Å². The number of pyridine rings is 2. The van der Waals surface area contributed by atoms with E-state index in [1.165, 1.54) is 12.3 Å². The molecule has 0 amide bonds. The minimum absolute atomic E-state index is 0.0598. The van der Waals surface area contributed by atoms with Crippen LogP contribution in [-0.4, -0.2) is 39.7 Å². The van der Waals surface area contributed by atoms with Crippen molar-refractivity contribution in [3.8, 4) is 11.1 Å². The van der Waals surface area contributed by atoms with Crippen molar-refractivity contribution in [2.75, 3.05) is 18.0 Å². The van der Waals surface area contributed by atoms with Gasteiger partial charge in [-0.3, -0.25) is 4.98 Å². The summed E-state index contributed by atoms with van der Waals surface area (Å²) in [5.41, 5.74) is 1.43. The number of nitrogens with zero attached hydrogens (tertiary/aromatic N) is 3. The highest BCUT2D eigenvalue weighted by molar-refractivity contribution is 6.31. The van der Waals surface area contributed by atoms with Crippen molar-refractivity contribution >= 4 is 23.3 Å². The summed E-state index contributed by atoms with van der Waals surface area (Å²) in [6.45, 7) is 11.2. The average molecular weight is 450 g/mol. The van der Waals surface area contributed by atoms with Crippen molar-refractivity contribution in [3.05, 3.63) is 41.2 Å². The number of carboxylic acid groups (broad SMARTS) is 1. The number of hydrogen-bond donors (Lipinski definition) is 1. The summed E-state index contributed by atoms with van der Waals surface area (Å²) in [7, 11) is 0. The summed E-state index contributed by atoms with van der Waals surface area (Å²) < 4.78 is 19.9. The molecule has 0 spiro atoms. The zero-order valence-corrected chi connectivity index (χ0v) is 19.3. The van der Waals surface area contributed by atoms with Gasteiger partial charge in [0.1, 0.15) is 11.0 Å². The van der Waals surface area contributed by atoms with Crippen molar-refractivity contribution in [1.82, 2.24) is 9.97 Å². The predicted octanol–water partition coefficient (Wildman–Crippen LogP) is 5.50. The fourth-order valence-corrected chi connectivity index (χ4v) is 4.00. The largest absolute Gasteiger partial charge is 0.479 e. The Morgan fingerprint density at radius 2 is 1.90 bits per heavy atom. The highest BCUT2D eigenvalue weighted by Crippen LogP contribution is 2.44. The van der Waals surface area contributed by atoms with Crippen LogP contribution in [0.25, 0.3) is 11.1 Å². The predicted molar refractivity (Wildman–Crippen MR) is 119 cm³/mol. The third-order valence-corrected chi connectivity index (χ3v) is 5.75. The summed E-state index contributed by atoms with van der Waals surface area (Å²) in [6.07, 6.45) is 4.73. The molecule has 6 nitrogen and oxygen atoms in total. The second kappa shape index (κ2) is 8.71. The summed E-state index contributed by atoms with van der Waals surface area (Å²) in [4.78, 5) is 22.6. The van der Waals surface area contributed by atoms with Crippen LogP contribution >= 0.6 is 11.6 Å². The van der Waals surface area contributed by atoms with Crippen LogP contribution in [-0.2, 0) is 9.53 Å². The number of piperidine rings is 1. The summed E-state index contributed by atoms with van der Waals surface area (Å²) in [5, 5.41) is 10.1. The Labute approximate surface area is 187 Å². The van der Waals surface area contributed by atoms with E-state index in [-0.39, 0.29) is 16.1 Å². The van der Waals surface area contributed by atoms with E-state index in [9.17, 15) is 14.3 Å². The number of aromatic nitrogens is 2. The Bertz CT molecular complexity index is 965. The number of ether oxygens (including phenoxy) is 1. The quantitative estimate of drug-likeness (QED) is 0.607. The fourth-order valence-electron chi connectivity index (χ4n) is 3.76. The first-order valence-electron chi connectivity index (χ1n) is 10.3. The molecular weight excluding hydrogens is 421 g/mol. The first-order chi connectivity index (χ1) is 14.4. The zero-order chi connectivity index (χ0) is 23.0. The van der Waals surface area contributed by atoms with Crippen LogP contribution in [0.4, 0.5) is 10.1 Å². The minimum atomic E-state index is -1.33. The average Bonchev–Trinajstić information content (AvgIpc) is 2.65. The van der Waals surface area contributed by atoms with Crippen LogP contribution in [0.1, 0.15) is 59.1 Å². The Morgan fingerprint density at radius 1 is 1.26 bits per heavy atom. The van der Waals surface area contributed by atoms with Crippen molar-refractivity contribution in [2.24, 2.45) is 5.41 Å². The van der Waals surface area contributed by atoms with Gasteiger partial charge in [-0.2, -0.15) is 0 Å². The summed E-state index contributed by atoms with van der Waals surface area (Å²) >= 11 is 6.49. The molecule has 8 heteroatoms. The molecule has 2 aromatic heterocycles. The maximum atomic E-state index is 14.0. The molecule has 0 aliphatic carbocycles. The zero-order valence-electron chi connectivity index (χ0n) is 18.6. The maximum absolute atomic E-state index is 14.0. The molecule has 31 heavy (non-hydrogen) atoms. The van der Waals surface area contributed by atoms with Crippen molar-refractivity contribution in [3.63, 3.8) is 0 Å². The van der Waals surface area contributed by atoms with Crippen molar-refractivity contribution in [2.45, 2.75) is 59.2 Å². The van der Waals surface area contributed by atoms with Crippen LogP contribution in [0.5, 0.6) is 0 Å². The molecule has 0 radical (unpaired) electrons. The van der Waals surface area contributed by atoms with Crippen LogP contribution in [0.3, 0.4) is 0 Å². The molecule has 0 saturated carbocycles. The number of halogens is 2. The second-order valence-corrected chi connectivity index (χ2v) is 10.1. The molecular formula is C23H29ClFN3O3. The van der Waals surface area contributed by atoms with E-state index in [1.54, 1.807) is 27.0 Å². The lowest BCUT2D eigenvalue weighted by molar-refractivity contribution is -0.160. The number of carbonyl (C=O) groups is 1. The third-order valence-electron chi connectivity index (χ3n) is 5.45. The molecule has 3 rings (SSSR count). The molecule has 1 fully saturated rings. The first kappa shape index (κ1) is 23.4.